The van der Waals surface area contributed by atoms with Crippen LogP contribution in [0.4, 0.5) is 0 Å². The van der Waals surface area contributed by atoms with E-state index < -0.39 is 6.10 Å². The highest BCUT2D eigenvalue weighted by Gasteiger charge is 2.26. The highest BCUT2D eigenvalue weighted by molar-refractivity contribution is 5.42. The van der Waals surface area contributed by atoms with E-state index in [4.69, 9.17) is 4.74 Å². The van der Waals surface area contributed by atoms with Crippen LogP contribution < -0.4 is 4.74 Å². The number of rotatable bonds is 6. The molecule has 1 atom stereocenters. The molecule has 0 saturated heterocycles. The molecule has 5 nitrogen and oxygen atoms in total. The molecular weight excluding hydrogens is 422 g/mol. The Kier molecular flexibility index (Phi) is 6.48. The van der Waals surface area contributed by atoms with Crippen molar-refractivity contribution in [1.29, 1.82) is 0 Å². The Morgan fingerprint density at radius 1 is 0.941 bits per heavy atom. The summed E-state index contributed by atoms with van der Waals surface area (Å²) in [6.07, 6.45) is 1.42. The van der Waals surface area contributed by atoms with Crippen LogP contribution in [0.25, 0.3) is 0 Å². The summed E-state index contributed by atoms with van der Waals surface area (Å²) in [7, 11) is 1.96. The van der Waals surface area contributed by atoms with Gasteiger partial charge in [0.2, 0.25) is 0 Å². The second-order valence-electron chi connectivity index (χ2n) is 9.08. The van der Waals surface area contributed by atoms with Crippen LogP contribution in [0.2, 0.25) is 0 Å². The lowest BCUT2D eigenvalue weighted by Gasteiger charge is -2.25. The van der Waals surface area contributed by atoms with Crippen LogP contribution in [0, 0.1) is 6.92 Å². The molecule has 2 heterocycles. The van der Waals surface area contributed by atoms with E-state index >= 15 is 0 Å². The zero-order valence-corrected chi connectivity index (χ0v) is 19.8. The number of aliphatic hydroxyl groups excluding tert-OH is 1. The molecule has 5 rings (SSSR count). The van der Waals surface area contributed by atoms with Crippen LogP contribution in [0.5, 0.6) is 5.75 Å². The fraction of sp³-hybridized carbons (Fsp3) is 0.276. The number of hydrogen-bond acceptors (Lipinski definition) is 4. The fourth-order valence-corrected chi connectivity index (χ4v) is 4.90. The van der Waals surface area contributed by atoms with Crippen LogP contribution in [0.15, 0.2) is 85.1 Å². The topological polar surface area (TPSA) is 50.5 Å². The van der Waals surface area contributed by atoms with Crippen molar-refractivity contribution < 1.29 is 9.84 Å². The summed E-state index contributed by atoms with van der Waals surface area (Å²) in [6.45, 7) is 5.14. The number of aryl methyl sites for hydroxylation is 2. The monoisotopic (exact) mass is 453 g/mol. The summed E-state index contributed by atoms with van der Waals surface area (Å²) in [4.78, 5) is 2.39. The summed E-state index contributed by atoms with van der Waals surface area (Å²) in [5.41, 5.74) is 6.50. The second-order valence-corrected chi connectivity index (χ2v) is 9.08. The van der Waals surface area contributed by atoms with Gasteiger partial charge in [0.15, 0.2) is 0 Å². The second kappa shape index (κ2) is 9.84. The normalized spacial score (nSPS) is 14.9. The lowest BCUT2D eigenvalue weighted by atomic mass is 9.83. The van der Waals surface area contributed by atoms with Crippen molar-refractivity contribution >= 4 is 0 Å². The quantitative estimate of drug-likeness (QED) is 0.447. The predicted molar refractivity (Wildman–Crippen MR) is 134 cm³/mol. The van der Waals surface area contributed by atoms with Crippen molar-refractivity contribution in [1.82, 2.24) is 14.7 Å². The van der Waals surface area contributed by atoms with Crippen LogP contribution >= 0.6 is 0 Å². The van der Waals surface area contributed by atoms with Gasteiger partial charge in [0.1, 0.15) is 12.4 Å². The molecule has 1 N–H and O–H groups in total. The van der Waals surface area contributed by atoms with Crippen LogP contribution in [0.3, 0.4) is 0 Å². The first-order chi connectivity index (χ1) is 16.6. The minimum Gasteiger partial charge on any atom is -0.492 e. The van der Waals surface area contributed by atoms with Gasteiger partial charge in [-0.1, -0.05) is 66.7 Å². The van der Waals surface area contributed by atoms with E-state index in [1.807, 2.05) is 60.3 Å². The Hall–Kier alpha value is -3.41. The largest absolute Gasteiger partial charge is 0.492 e. The highest BCUT2D eigenvalue weighted by atomic mass is 16.5. The maximum absolute atomic E-state index is 11.6. The molecule has 1 aliphatic rings. The van der Waals surface area contributed by atoms with Gasteiger partial charge in [-0.05, 0) is 35.7 Å². The Morgan fingerprint density at radius 3 is 2.24 bits per heavy atom. The average Bonchev–Trinajstić information content (AvgIpc) is 3.04. The summed E-state index contributed by atoms with van der Waals surface area (Å²) in [5.74, 6) is 0.749. The molecule has 174 valence electrons. The van der Waals surface area contributed by atoms with Crippen molar-refractivity contribution in [3.63, 3.8) is 0 Å². The molecule has 4 aromatic rings. The van der Waals surface area contributed by atoms with Gasteiger partial charge in [0.25, 0.3) is 0 Å². The zero-order valence-electron chi connectivity index (χ0n) is 19.8. The standard InChI is InChI=1S/C29H31N3O2/c1-21-26(18-31(2)30-21)20-32-15-16-34-27-14-13-24(17-25(27)19-32)29(33)28(22-9-5-3-6-10-22)23-11-7-4-8-12-23/h3-14,17-18,28-29,33H,15-16,19-20H2,1-2H3. The molecule has 0 aliphatic carbocycles. The molecule has 1 aromatic heterocycles. The number of ether oxygens (including phenoxy) is 1. The molecule has 0 radical (unpaired) electrons. The van der Waals surface area contributed by atoms with E-state index in [0.29, 0.717) is 6.61 Å². The zero-order chi connectivity index (χ0) is 23.5. The average molecular weight is 454 g/mol. The molecule has 3 aromatic carbocycles. The summed E-state index contributed by atoms with van der Waals surface area (Å²) >= 11 is 0. The van der Waals surface area contributed by atoms with Crippen molar-refractivity contribution in [2.75, 3.05) is 13.2 Å². The molecular formula is C29H31N3O2. The minimum absolute atomic E-state index is 0.152. The minimum atomic E-state index is -0.674. The number of aliphatic hydroxyl groups is 1. The first-order valence-corrected chi connectivity index (χ1v) is 11.8. The molecule has 5 heteroatoms. The maximum Gasteiger partial charge on any atom is 0.123 e. The van der Waals surface area contributed by atoms with Gasteiger partial charge < -0.3 is 9.84 Å². The summed E-state index contributed by atoms with van der Waals surface area (Å²) < 4.78 is 7.94. The van der Waals surface area contributed by atoms with Gasteiger partial charge in [0.05, 0.1) is 11.8 Å². The predicted octanol–water partition coefficient (Wildman–Crippen LogP) is 4.99. The highest BCUT2D eigenvalue weighted by Crippen LogP contribution is 2.38. The Balaban J connectivity index is 1.44. The van der Waals surface area contributed by atoms with Crippen LogP contribution in [-0.4, -0.2) is 32.9 Å². The fourth-order valence-electron chi connectivity index (χ4n) is 4.90. The smallest absolute Gasteiger partial charge is 0.123 e. The maximum atomic E-state index is 11.6. The van der Waals surface area contributed by atoms with E-state index in [1.54, 1.807) is 0 Å². The lowest BCUT2D eigenvalue weighted by molar-refractivity contribution is 0.159. The summed E-state index contributed by atoms with van der Waals surface area (Å²) in [6, 6.07) is 26.6. The van der Waals surface area contributed by atoms with Gasteiger partial charge in [0, 0.05) is 49.9 Å². The van der Waals surface area contributed by atoms with E-state index in [-0.39, 0.29) is 5.92 Å². The molecule has 0 amide bonds. The number of aromatic nitrogens is 2. The van der Waals surface area contributed by atoms with Gasteiger partial charge in [-0.3, -0.25) is 9.58 Å². The molecule has 1 aliphatic heterocycles. The van der Waals surface area contributed by atoms with Crippen molar-refractivity contribution in [3.8, 4) is 5.75 Å². The van der Waals surface area contributed by atoms with E-state index in [9.17, 15) is 5.11 Å². The van der Waals surface area contributed by atoms with Crippen LogP contribution in [0.1, 0.15) is 45.5 Å². The first kappa shape index (κ1) is 22.4. The van der Waals surface area contributed by atoms with Gasteiger partial charge in [-0.15, -0.1) is 0 Å². The third-order valence-corrected chi connectivity index (χ3v) is 6.63. The molecule has 34 heavy (non-hydrogen) atoms. The van der Waals surface area contributed by atoms with Crippen LogP contribution in [-0.2, 0) is 20.1 Å². The van der Waals surface area contributed by atoms with Crippen molar-refractivity contribution in [2.24, 2.45) is 7.05 Å². The third kappa shape index (κ3) is 4.76. The number of benzene rings is 3. The van der Waals surface area contributed by atoms with Gasteiger partial charge in [-0.25, -0.2) is 0 Å². The Morgan fingerprint density at radius 2 is 1.62 bits per heavy atom. The van der Waals surface area contributed by atoms with Gasteiger partial charge in [-0.2, -0.15) is 5.10 Å². The Labute approximate surface area is 201 Å². The molecule has 0 bridgehead atoms. The molecule has 0 spiro atoms. The van der Waals surface area contributed by atoms with Crippen molar-refractivity contribution in [2.45, 2.75) is 32.0 Å². The first-order valence-electron chi connectivity index (χ1n) is 11.8. The molecule has 1 unspecified atom stereocenters. The molecule has 0 saturated carbocycles. The van der Waals surface area contributed by atoms with E-state index in [0.717, 1.165) is 53.3 Å². The summed E-state index contributed by atoms with van der Waals surface area (Å²) in [5, 5.41) is 16.1. The number of nitrogens with zero attached hydrogens (tertiary/aromatic N) is 3. The molecule has 0 fully saturated rings. The van der Waals surface area contributed by atoms with Gasteiger partial charge >= 0.3 is 0 Å². The van der Waals surface area contributed by atoms with E-state index in [2.05, 4.69) is 53.5 Å². The van der Waals surface area contributed by atoms with E-state index in [1.165, 1.54) is 5.56 Å². The van der Waals surface area contributed by atoms with Crippen molar-refractivity contribution in [3.05, 3.63) is 119 Å². The SMILES string of the molecule is Cc1nn(C)cc1CN1CCOc2ccc(C(O)C(c3ccccc3)c3ccccc3)cc2C1. The number of fused-ring (bicyclic) bond motifs is 1. The lowest BCUT2D eigenvalue weighted by Crippen LogP contribution is -2.25. The number of hydrogen-bond donors (Lipinski definition) is 1. The Bertz CT molecular complexity index is 1200. The third-order valence-electron chi connectivity index (χ3n) is 6.63.